The molecular formula is C19H34O4. The van der Waals surface area contributed by atoms with Crippen LogP contribution in [0.4, 0.5) is 0 Å². The Kier molecular flexibility index (Phi) is 6.67. The van der Waals surface area contributed by atoms with Crippen LogP contribution >= 0.6 is 0 Å². The van der Waals surface area contributed by atoms with Crippen LogP contribution in [-0.2, 0) is 19.1 Å². The first-order valence-corrected chi connectivity index (χ1v) is 8.85. The molecule has 134 valence electrons. The zero-order chi connectivity index (χ0) is 17.7. The summed E-state index contributed by atoms with van der Waals surface area (Å²) >= 11 is 0. The van der Waals surface area contributed by atoms with Crippen molar-refractivity contribution in [2.24, 2.45) is 5.41 Å². The van der Waals surface area contributed by atoms with E-state index in [4.69, 9.17) is 9.47 Å². The van der Waals surface area contributed by atoms with Crippen molar-refractivity contribution in [2.75, 3.05) is 0 Å². The average Bonchev–Trinajstić information content (AvgIpc) is 3.03. The Bertz CT molecular complexity index is 408. The predicted molar refractivity (Wildman–Crippen MR) is 91.1 cm³/mol. The normalized spacial score (nSPS) is 16.8. The first-order valence-electron chi connectivity index (χ1n) is 8.85. The van der Waals surface area contributed by atoms with Gasteiger partial charge in [0.15, 0.2) is 0 Å². The first kappa shape index (κ1) is 20.0. The van der Waals surface area contributed by atoms with E-state index in [1.807, 2.05) is 41.5 Å². The van der Waals surface area contributed by atoms with Crippen LogP contribution < -0.4 is 0 Å². The number of hydrogen-bond acceptors (Lipinski definition) is 4. The molecule has 0 saturated heterocycles. The number of esters is 2. The number of rotatable bonds is 8. The van der Waals surface area contributed by atoms with Crippen molar-refractivity contribution < 1.29 is 19.1 Å². The molecule has 0 aromatic heterocycles. The van der Waals surface area contributed by atoms with Gasteiger partial charge in [0, 0.05) is 6.42 Å². The predicted octanol–water partition coefficient (Wildman–Crippen LogP) is 4.79. The van der Waals surface area contributed by atoms with Gasteiger partial charge in [0.2, 0.25) is 0 Å². The van der Waals surface area contributed by atoms with Gasteiger partial charge in [0.25, 0.3) is 0 Å². The molecule has 1 saturated carbocycles. The van der Waals surface area contributed by atoms with Gasteiger partial charge in [-0.15, -0.1) is 0 Å². The maximum atomic E-state index is 11.9. The zero-order valence-corrected chi connectivity index (χ0v) is 15.8. The van der Waals surface area contributed by atoms with Crippen molar-refractivity contribution in [1.29, 1.82) is 0 Å². The molecular weight excluding hydrogens is 292 g/mol. The highest BCUT2D eigenvalue weighted by molar-refractivity contribution is 5.71. The van der Waals surface area contributed by atoms with Crippen LogP contribution in [0.1, 0.15) is 92.9 Å². The summed E-state index contributed by atoms with van der Waals surface area (Å²) in [7, 11) is 0. The number of carbonyl (C=O) groups excluding carboxylic acids is 2. The summed E-state index contributed by atoms with van der Waals surface area (Å²) in [4.78, 5) is 23.6. The van der Waals surface area contributed by atoms with E-state index in [-0.39, 0.29) is 17.4 Å². The second kappa shape index (κ2) is 7.67. The minimum absolute atomic E-state index is 0.0799. The molecule has 0 radical (unpaired) electrons. The molecule has 1 aliphatic rings. The summed E-state index contributed by atoms with van der Waals surface area (Å²) in [5.41, 5.74) is -0.628. The molecule has 23 heavy (non-hydrogen) atoms. The van der Waals surface area contributed by atoms with E-state index >= 15 is 0 Å². The van der Waals surface area contributed by atoms with Crippen molar-refractivity contribution in [3.05, 3.63) is 0 Å². The van der Waals surface area contributed by atoms with Gasteiger partial charge >= 0.3 is 11.9 Å². The smallest absolute Gasteiger partial charge is 0.306 e. The SMILES string of the molecule is CC(C)(C)OC(=O)CCCCCC1(CC(=O)OC(C)(C)C)CC1. The third kappa shape index (κ3) is 9.62. The Balaban J connectivity index is 2.16. The van der Waals surface area contributed by atoms with Gasteiger partial charge in [-0.25, -0.2) is 0 Å². The monoisotopic (exact) mass is 326 g/mol. The standard InChI is InChI=1S/C19H34O4/c1-17(2,3)22-15(20)10-8-7-9-11-19(12-13-19)14-16(21)23-18(4,5)6/h7-14H2,1-6H3. The Hall–Kier alpha value is -1.06. The average molecular weight is 326 g/mol. The molecule has 1 fully saturated rings. The van der Waals surface area contributed by atoms with Crippen molar-refractivity contribution in [3.63, 3.8) is 0 Å². The van der Waals surface area contributed by atoms with E-state index in [0.29, 0.717) is 12.8 Å². The van der Waals surface area contributed by atoms with Crippen LogP contribution in [-0.4, -0.2) is 23.1 Å². The largest absolute Gasteiger partial charge is 0.460 e. The number of unbranched alkanes of at least 4 members (excludes halogenated alkanes) is 2. The zero-order valence-electron chi connectivity index (χ0n) is 15.8. The van der Waals surface area contributed by atoms with Crippen LogP contribution in [0.5, 0.6) is 0 Å². The second-order valence-corrected chi connectivity index (χ2v) is 8.91. The van der Waals surface area contributed by atoms with Gasteiger partial charge in [0.05, 0.1) is 6.42 Å². The summed E-state index contributed by atoms with van der Waals surface area (Å²) in [5, 5.41) is 0. The Morgan fingerprint density at radius 1 is 0.826 bits per heavy atom. The number of carbonyl (C=O) groups is 2. The maximum Gasteiger partial charge on any atom is 0.306 e. The van der Waals surface area contributed by atoms with Gasteiger partial charge in [-0.2, -0.15) is 0 Å². The Morgan fingerprint density at radius 3 is 1.83 bits per heavy atom. The Labute approximate surface area is 141 Å². The molecule has 0 unspecified atom stereocenters. The molecule has 0 amide bonds. The molecule has 0 aliphatic heterocycles. The van der Waals surface area contributed by atoms with E-state index in [0.717, 1.165) is 38.5 Å². The lowest BCUT2D eigenvalue weighted by Gasteiger charge is -2.22. The highest BCUT2D eigenvalue weighted by Gasteiger charge is 2.44. The fraction of sp³-hybridized carbons (Fsp3) is 0.895. The lowest BCUT2D eigenvalue weighted by atomic mass is 9.94. The van der Waals surface area contributed by atoms with Crippen molar-refractivity contribution in [2.45, 2.75) is 104 Å². The molecule has 4 nitrogen and oxygen atoms in total. The van der Waals surface area contributed by atoms with Crippen molar-refractivity contribution >= 4 is 11.9 Å². The molecule has 0 spiro atoms. The lowest BCUT2D eigenvalue weighted by molar-refractivity contribution is -0.156. The summed E-state index contributed by atoms with van der Waals surface area (Å²) in [6.07, 6.45) is 7.25. The molecule has 0 aromatic rings. The third-order valence-electron chi connectivity index (χ3n) is 3.90. The third-order valence-corrected chi connectivity index (χ3v) is 3.90. The fourth-order valence-corrected chi connectivity index (χ4v) is 2.71. The summed E-state index contributed by atoms with van der Waals surface area (Å²) in [6.45, 7) is 11.4. The first-order chi connectivity index (χ1) is 10.4. The second-order valence-electron chi connectivity index (χ2n) is 8.91. The number of ether oxygens (including phenoxy) is 2. The summed E-state index contributed by atoms with van der Waals surface area (Å²) < 4.78 is 10.7. The van der Waals surface area contributed by atoms with Gasteiger partial charge < -0.3 is 9.47 Å². The van der Waals surface area contributed by atoms with Crippen LogP contribution in [0.15, 0.2) is 0 Å². The number of hydrogen-bond donors (Lipinski definition) is 0. The minimum Gasteiger partial charge on any atom is -0.460 e. The maximum absolute atomic E-state index is 11.9. The molecule has 4 heteroatoms. The quantitative estimate of drug-likeness (QED) is 0.475. The van der Waals surface area contributed by atoms with Crippen LogP contribution in [0.3, 0.4) is 0 Å². The Morgan fingerprint density at radius 2 is 1.35 bits per heavy atom. The van der Waals surface area contributed by atoms with Crippen LogP contribution in [0, 0.1) is 5.41 Å². The van der Waals surface area contributed by atoms with Gasteiger partial charge in [0.1, 0.15) is 11.2 Å². The molecule has 0 N–H and O–H groups in total. The van der Waals surface area contributed by atoms with E-state index in [2.05, 4.69) is 0 Å². The van der Waals surface area contributed by atoms with Crippen molar-refractivity contribution in [1.82, 2.24) is 0 Å². The van der Waals surface area contributed by atoms with E-state index < -0.39 is 11.2 Å². The van der Waals surface area contributed by atoms with Gasteiger partial charge in [-0.05, 0) is 72.6 Å². The van der Waals surface area contributed by atoms with Gasteiger partial charge in [-0.3, -0.25) is 9.59 Å². The van der Waals surface area contributed by atoms with E-state index in [1.165, 1.54) is 0 Å². The minimum atomic E-state index is -0.402. The van der Waals surface area contributed by atoms with E-state index in [9.17, 15) is 9.59 Å². The van der Waals surface area contributed by atoms with Gasteiger partial charge in [-0.1, -0.05) is 12.8 Å². The molecule has 0 aromatic carbocycles. The van der Waals surface area contributed by atoms with Crippen LogP contribution in [0.2, 0.25) is 0 Å². The van der Waals surface area contributed by atoms with E-state index in [1.54, 1.807) is 0 Å². The fourth-order valence-electron chi connectivity index (χ4n) is 2.71. The molecule has 0 bridgehead atoms. The van der Waals surface area contributed by atoms with Crippen molar-refractivity contribution in [3.8, 4) is 0 Å². The molecule has 1 aliphatic carbocycles. The topological polar surface area (TPSA) is 52.6 Å². The highest BCUT2D eigenvalue weighted by atomic mass is 16.6. The lowest BCUT2D eigenvalue weighted by Crippen LogP contribution is -2.25. The van der Waals surface area contributed by atoms with Crippen LogP contribution in [0.25, 0.3) is 0 Å². The molecule has 1 rings (SSSR count). The molecule has 0 heterocycles. The summed E-state index contributed by atoms with van der Waals surface area (Å²) in [5.74, 6) is -0.198. The molecule has 0 atom stereocenters. The highest BCUT2D eigenvalue weighted by Crippen LogP contribution is 2.53. The summed E-state index contributed by atoms with van der Waals surface area (Å²) in [6, 6.07) is 0.